The summed E-state index contributed by atoms with van der Waals surface area (Å²) >= 11 is 0. The normalized spacial score (nSPS) is 13.0. The largest absolute Gasteiger partial charge is 0.387 e. The second kappa shape index (κ2) is 19.9. The van der Waals surface area contributed by atoms with E-state index in [1.165, 1.54) is 0 Å². The molecular weight excluding hydrogens is 801 g/mol. The van der Waals surface area contributed by atoms with Gasteiger partial charge in [-0.05, 0) is 67.8 Å². The Bertz CT molecular complexity index is 2540. The predicted molar refractivity (Wildman–Crippen MR) is 263 cm³/mol. The van der Waals surface area contributed by atoms with Crippen LogP contribution in [0.5, 0.6) is 0 Å². The quantitative estimate of drug-likeness (QED) is 0.0646. The van der Waals surface area contributed by atoms with Crippen molar-refractivity contribution in [2.45, 2.75) is 75.7 Å². The van der Waals surface area contributed by atoms with Crippen molar-refractivity contribution in [1.82, 2.24) is 10.6 Å². The molecule has 6 nitrogen and oxygen atoms in total. The van der Waals surface area contributed by atoms with Gasteiger partial charge in [0.2, 0.25) is 11.8 Å². The second-order valence-electron chi connectivity index (χ2n) is 17.6. The fraction of sp³-hybridized carbons (Fsp3) is 0.220. The van der Waals surface area contributed by atoms with E-state index in [1.54, 1.807) is 0 Å². The number of rotatable bonds is 18. The Hall–Kier alpha value is -6.86. The van der Waals surface area contributed by atoms with Gasteiger partial charge in [0.1, 0.15) is 5.41 Å². The van der Waals surface area contributed by atoms with Gasteiger partial charge in [-0.25, -0.2) is 0 Å². The molecule has 0 spiro atoms. The minimum absolute atomic E-state index is 0.164. The van der Waals surface area contributed by atoms with E-state index in [-0.39, 0.29) is 38.5 Å². The summed E-state index contributed by atoms with van der Waals surface area (Å²) in [6.07, 6.45) is 1.23. The monoisotopic (exact) mass is 858 g/mol. The fourth-order valence-electron chi connectivity index (χ4n) is 9.87. The van der Waals surface area contributed by atoms with Gasteiger partial charge in [0.05, 0.1) is 23.3 Å². The maximum Gasteiger partial charge on any atom is 0.236 e. The van der Waals surface area contributed by atoms with Gasteiger partial charge in [-0.2, -0.15) is 0 Å². The molecule has 0 saturated heterocycles. The van der Waals surface area contributed by atoms with Crippen molar-refractivity contribution in [3.8, 4) is 0 Å². The molecule has 4 N–H and O–H groups in total. The highest BCUT2D eigenvalue weighted by Gasteiger charge is 2.50. The average molecular weight is 859 g/mol. The van der Waals surface area contributed by atoms with Gasteiger partial charge < -0.3 is 20.8 Å². The van der Waals surface area contributed by atoms with Crippen molar-refractivity contribution >= 4 is 33.4 Å². The minimum atomic E-state index is -1.60. The lowest BCUT2D eigenvalue weighted by Gasteiger charge is -2.42. The summed E-state index contributed by atoms with van der Waals surface area (Å²) in [6.45, 7) is 3.73. The molecule has 0 saturated carbocycles. The van der Waals surface area contributed by atoms with Crippen molar-refractivity contribution < 1.29 is 19.8 Å². The van der Waals surface area contributed by atoms with E-state index in [4.69, 9.17) is 0 Å². The maximum absolute atomic E-state index is 15.7. The molecule has 2 atom stereocenters. The summed E-state index contributed by atoms with van der Waals surface area (Å²) in [4.78, 5) is 31.3. The Kier molecular flexibility index (Phi) is 13.7. The van der Waals surface area contributed by atoms with Crippen LogP contribution in [0.4, 0.5) is 0 Å². The van der Waals surface area contributed by atoms with Crippen molar-refractivity contribution in [2.24, 2.45) is 5.41 Å². The smallest absolute Gasteiger partial charge is 0.236 e. The zero-order chi connectivity index (χ0) is 45.3. The summed E-state index contributed by atoms with van der Waals surface area (Å²) in [7, 11) is 0. The van der Waals surface area contributed by atoms with E-state index >= 15 is 9.59 Å². The summed E-state index contributed by atoms with van der Waals surface area (Å²) in [5, 5.41) is 37.3. The van der Waals surface area contributed by atoms with Gasteiger partial charge in [-0.1, -0.05) is 220 Å². The average Bonchev–Trinajstić information content (AvgIpc) is 3.34. The number of hydrogen-bond donors (Lipinski definition) is 4. The number of carbonyl (C=O) groups is 2. The molecule has 0 radical (unpaired) electrons. The molecule has 0 heterocycles. The van der Waals surface area contributed by atoms with E-state index in [9.17, 15) is 10.2 Å². The van der Waals surface area contributed by atoms with Crippen LogP contribution in [0.25, 0.3) is 21.5 Å². The molecule has 0 aliphatic rings. The van der Waals surface area contributed by atoms with Gasteiger partial charge in [-0.3, -0.25) is 9.59 Å². The van der Waals surface area contributed by atoms with Crippen molar-refractivity contribution in [3.05, 3.63) is 240 Å². The first-order valence-corrected chi connectivity index (χ1v) is 22.8. The van der Waals surface area contributed by atoms with Crippen LogP contribution in [0, 0.1) is 5.41 Å². The summed E-state index contributed by atoms with van der Waals surface area (Å²) in [5.41, 5.74) is 0.439. The lowest BCUT2D eigenvalue weighted by Crippen LogP contribution is -2.58. The Morgan fingerprint density at radius 2 is 0.677 bits per heavy atom. The molecule has 2 amide bonds. The third-order valence-electron chi connectivity index (χ3n) is 13.4. The number of hydrogen-bond acceptors (Lipinski definition) is 4. The number of aliphatic hydroxyl groups is 2. The van der Waals surface area contributed by atoms with E-state index < -0.39 is 40.5 Å². The van der Waals surface area contributed by atoms with Crippen LogP contribution < -0.4 is 10.6 Å². The molecule has 0 aromatic heterocycles. The molecular formula is C59H58N2O4. The van der Waals surface area contributed by atoms with Crippen LogP contribution >= 0.6 is 0 Å². The van der Waals surface area contributed by atoms with Gasteiger partial charge in [0.25, 0.3) is 0 Å². The van der Waals surface area contributed by atoms with E-state index in [1.807, 2.05) is 220 Å². The molecule has 6 heteroatoms. The van der Waals surface area contributed by atoms with Crippen molar-refractivity contribution in [1.29, 1.82) is 0 Å². The van der Waals surface area contributed by atoms with Crippen LogP contribution in [0.15, 0.2) is 206 Å². The van der Waals surface area contributed by atoms with Crippen LogP contribution in [0.3, 0.4) is 0 Å². The predicted octanol–water partition coefficient (Wildman–Crippen LogP) is 11.2. The molecule has 8 aromatic rings. The molecule has 8 rings (SSSR count). The lowest BCUT2D eigenvalue weighted by molar-refractivity contribution is -0.148. The van der Waals surface area contributed by atoms with Crippen LogP contribution in [-0.4, -0.2) is 33.2 Å². The van der Waals surface area contributed by atoms with Crippen LogP contribution in [0.1, 0.15) is 72.2 Å². The zero-order valence-corrected chi connectivity index (χ0v) is 37.2. The third kappa shape index (κ3) is 9.80. The van der Waals surface area contributed by atoms with Gasteiger partial charge in [0, 0.05) is 25.7 Å². The SMILES string of the molecule is CCC(CC)(C(=O)N[C@@H](c1cccc2ccccc12)C(O)(Cc1ccccc1)Cc1ccccc1)C(=O)N[C@@H](c1cccc2ccccc12)C(O)(Cc1ccccc1)Cc1ccccc1. The molecule has 0 aliphatic carbocycles. The fourth-order valence-corrected chi connectivity index (χ4v) is 9.87. The van der Waals surface area contributed by atoms with E-state index in [0.29, 0.717) is 0 Å². The van der Waals surface area contributed by atoms with Crippen molar-refractivity contribution in [2.75, 3.05) is 0 Å². The highest BCUT2D eigenvalue weighted by molar-refractivity contribution is 6.05. The van der Waals surface area contributed by atoms with E-state index in [0.717, 1.165) is 54.9 Å². The summed E-state index contributed by atoms with van der Waals surface area (Å²) in [5.74, 6) is -0.993. The third-order valence-corrected chi connectivity index (χ3v) is 13.4. The van der Waals surface area contributed by atoms with Gasteiger partial charge >= 0.3 is 0 Å². The highest BCUT2D eigenvalue weighted by atomic mass is 16.3. The first kappa shape index (κ1) is 44.7. The molecule has 65 heavy (non-hydrogen) atoms. The second-order valence-corrected chi connectivity index (χ2v) is 17.6. The zero-order valence-electron chi connectivity index (χ0n) is 37.2. The lowest BCUT2D eigenvalue weighted by atomic mass is 9.74. The Labute approximate surface area is 383 Å². The van der Waals surface area contributed by atoms with Gasteiger partial charge in [-0.15, -0.1) is 0 Å². The van der Waals surface area contributed by atoms with Gasteiger partial charge in [0.15, 0.2) is 0 Å². The molecule has 0 bridgehead atoms. The minimum Gasteiger partial charge on any atom is -0.387 e. The Morgan fingerprint density at radius 1 is 0.400 bits per heavy atom. The first-order valence-electron chi connectivity index (χ1n) is 22.8. The molecule has 0 aliphatic heterocycles. The summed E-state index contributed by atoms with van der Waals surface area (Å²) < 4.78 is 0. The molecule has 0 fully saturated rings. The number of fused-ring (bicyclic) bond motifs is 2. The summed E-state index contributed by atoms with van der Waals surface area (Å²) in [6, 6.07) is 65.4. The first-order chi connectivity index (χ1) is 31.6. The molecule has 8 aromatic carbocycles. The van der Waals surface area contributed by atoms with Crippen molar-refractivity contribution in [3.63, 3.8) is 0 Å². The Balaban J connectivity index is 1.25. The number of amides is 2. The highest BCUT2D eigenvalue weighted by Crippen LogP contribution is 2.41. The van der Waals surface area contributed by atoms with Crippen LogP contribution in [-0.2, 0) is 35.3 Å². The maximum atomic E-state index is 15.7. The standard InChI is InChI=1S/C59H58N2O4/c1-3-57(4-2,55(62)60-53(51-37-21-33-47-31-17-19-35-49(47)51)58(64,39-43-23-9-5-10-24-43)40-44-25-11-6-12-26-44)56(63)61-54(52-38-22-34-48-32-18-20-36-50(48)52)59(65,41-45-27-13-7-14-28-45)42-46-29-15-8-16-30-46/h5-38,53-54,64-65H,3-4,39-42H2,1-2H3,(H,60,62)(H,61,63)/t53-,54-/m0/s1. The topological polar surface area (TPSA) is 98.7 Å². The number of benzene rings is 8. The number of nitrogens with one attached hydrogen (secondary N) is 2. The van der Waals surface area contributed by atoms with Crippen LogP contribution in [0.2, 0.25) is 0 Å². The van der Waals surface area contributed by atoms with E-state index in [2.05, 4.69) is 10.6 Å². The molecule has 0 unspecified atom stereocenters. The number of carbonyl (C=O) groups excluding carboxylic acids is 2. The molecule has 328 valence electrons. The Morgan fingerprint density at radius 3 is 0.985 bits per heavy atom.